The van der Waals surface area contributed by atoms with Gasteiger partial charge in [0.1, 0.15) is 5.82 Å². The number of aromatic nitrogens is 2. The van der Waals surface area contributed by atoms with E-state index >= 15 is 0 Å². The second-order valence-electron chi connectivity index (χ2n) is 3.37. The molecule has 0 aliphatic carbocycles. The molecule has 0 aliphatic heterocycles. The summed E-state index contributed by atoms with van der Waals surface area (Å²) in [6.07, 6.45) is 0. The molecule has 82 valence electrons. The van der Waals surface area contributed by atoms with Crippen molar-refractivity contribution in [2.45, 2.75) is 0 Å². The zero-order valence-electron chi connectivity index (χ0n) is 8.44. The lowest BCUT2D eigenvalue weighted by Gasteiger charge is -2.07. The monoisotopic (exact) mass is 210 g/mol. The molecule has 2 aromatic rings. The van der Waals surface area contributed by atoms with Gasteiger partial charge in [0.2, 0.25) is 5.88 Å². The van der Waals surface area contributed by atoms with E-state index < -0.39 is 0 Å². The average molecular weight is 210 g/mol. The van der Waals surface area contributed by atoms with Gasteiger partial charge in [-0.05, 0) is 0 Å². The fraction of sp³-hybridized carbons (Fsp3) is 0.333. The molecule has 0 unspecified atom stereocenters. The van der Waals surface area contributed by atoms with Crippen molar-refractivity contribution in [1.82, 2.24) is 9.24 Å². The SMILES string of the molecule is Cn1c(N)cc2c1cc(O)n2NCCO. The number of aliphatic hydroxyl groups is 1. The molecular weight excluding hydrogens is 196 g/mol. The normalized spacial score (nSPS) is 11.1. The number of hydrogen-bond donors (Lipinski definition) is 4. The minimum absolute atomic E-state index is 0.00142. The fourth-order valence-corrected chi connectivity index (χ4v) is 1.61. The van der Waals surface area contributed by atoms with Crippen molar-refractivity contribution in [3.63, 3.8) is 0 Å². The predicted molar refractivity (Wildman–Crippen MR) is 58.3 cm³/mol. The lowest BCUT2D eigenvalue weighted by atomic mass is 10.5. The Hall–Kier alpha value is -1.82. The first-order valence-electron chi connectivity index (χ1n) is 4.65. The van der Waals surface area contributed by atoms with Crippen molar-refractivity contribution >= 4 is 16.9 Å². The summed E-state index contributed by atoms with van der Waals surface area (Å²) in [7, 11) is 1.83. The summed E-state index contributed by atoms with van der Waals surface area (Å²) in [4.78, 5) is 0. The van der Waals surface area contributed by atoms with E-state index in [1.54, 1.807) is 16.7 Å². The fourth-order valence-electron chi connectivity index (χ4n) is 1.61. The quantitative estimate of drug-likeness (QED) is 0.565. The van der Waals surface area contributed by atoms with Crippen LogP contribution in [-0.4, -0.2) is 32.6 Å². The van der Waals surface area contributed by atoms with Gasteiger partial charge in [0, 0.05) is 19.2 Å². The number of aromatic hydroxyl groups is 1. The van der Waals surface area contributed by atoms with Crippen molar-refractivity contribution in [3.8, 4) is 5.88 Å². The van der Waals surface area contributed by atoms with Gasteiger partial charge >= 0.3 is 0 Å². The van der Waals surface area contributed by atoms with Crippen LogP contribution in [0.1, 0.15) is 0 Å². The van der Waals surface area contributed by atoms with E-state index in [1.165, 1.54) is 4.68 Å². The first-order valence-corrected chi connectivity index (χ1v) is 4.65. The van der Waals surface area contributed by atoms with Gasteiger partial charge in [0.25, 0.3) is 0 Å². The summed E-state index contributed by atoms with van der Waals surface area (Å²) in [5, 5.41) is 18.3. The third kappa shape index (κ3) is 1.39. The van der Waals surface area contributed by atoms with Gasteiger partial charge < -0.3 is 25.9 Å². The zero-order chi connectivity index (χ0) is 11.0. The molecule has 0 saturated carbocycles. The summed E-state index contributed by atoms with van der Waals surface area (Å²) < 4.78 is 3.29. The van der Waals surface area contributed by atoms with E-state index in [9.17, 15) is 5.11 Å². The Morgan fingerprint density at radius 1 is 1.40 bits per heavy atom. The summed E-state index contributed by atoms with van der Waals surface area (Å²) in [5.41, 5.74) is 10.2. The van der Waals surface area contributed by atoms with Gasteiger partial charge in [0.05, 0.1) is 24.2 Å². The van der Waals surface area contributed by atoms with E-state index in [2.05, 4.69) is 5.43 Å². The Kier molecular flexibility index (Phi) is 2.20. The molecule has 0 aromatic carbocycles. The number of hydrogen-bond acceptors (Lipinski definition) is 4. The summed E-state index contributed by atoms with van der Waals surface area (Å²) in [6.45, 7) is 0.369. The Morgan fingerprint density at radius 2 is 2.13 bits per heavy atom. The number of anilines is 1. The number of aliphatic hydroxyl groups excluding tert-OH is 1. The van der Waals surface area contributed by atoms with Gasteiger partial charge in [-0.3, -0.25) is 0 Å². The molecule has 2 aromatic heterocycles. The lowest BCUT2D eigenvalue weighted by Crippen LogP contribution is -2.17. The second-order valence-corrected chi connectivity index (χ2v) is 3.37. The van der Waals surface area contributed by atoms with E-state index in [-0.39, 0.29) is 12.5 Å². The van der Waals surface area contributed by atoms with Crippen LogP contribution in [0.2, 0.25) is 0 Å². The number of fused-ring (bicyclic) bond motifs is 1. The van der Waals surface area contributed by atoms with Crippen molar-refractivity contribution in [2.75, 3.05) is 24.3 Å². The summed E-state index contributed by atoms with van der Waals surface area (Å²) >= 11 is 0. The maximum absolute atomic E-state index is 9.63. The van der Waals surface area contributed by atoms with Crippen LogP contribution in [0, 0.1) is 0 Å². The number of nitrogens with one attached hydrogen (secondary N) is 1. The molecule has 2 heterocycles. The number of nitrogen functional groups attached to an aromatic ring is 1. The molecule has 0 bridgehead atoms. The van der Waals surface area contributed by atoms with Crippen LogP contribution in [-0.2, 0) is 7.05 Å². The highest BCUT2D eigenvalue weighted by Crippen LogP contribution is 2.26. The van der Waals surface area contributed by atoms with Gasteiger partial charge in [-0.1, -0.05) is 0 Å². The third-order valence-corrected chi connectivity index (χ3v) is 2.41. The highest BCUT2D eigenvalue weighted by molar-refractivity contribution is 5.84. The van der Waals surface area contributed by atoms with Crippen LogP contribution < -0.4 is 11.2 Å². The van der Waals surface area contributed by atoms with E-state index in [0.29, 0.717) is 12.4 Å². The molecule has 0 saturated heterocycles. The van der Waals surface area contributed by atoms with Crippen LogP contribution in [0.25, 0.3) is 11.0 Å². The molecule has 6 nitrogen and oxygen atoms in total. The predicted octanol–water partition coefficient (Wildman–Crippen LogP) is -0.197. The third-order valence-electron chi connectivity index (χ3n) is 2.41. The van der Waals surface area contributed by atoms with Crippen molar-refractivity contribution < 1.29 is 10.2 Å². The molecule has 0 spiro atoms. The largest absolute Gasteiger partial charge is 0.493 e. The molecule has 5 N–H and O–H groups in total. The minimum Gasteiger partial charge on any atom is -0.493 e. The first kappa shape index (κ1) is 9.72. The van der Waals surface area contributed by atoms with Crippen LogP contribution in [0.15, 0.2) is 12.1 Å². The maximum atomic E-state index is 9.63. The Bertz CT molecular complexity index is 486. The van der Waals surface area contributed by atoms with Gasteiger partial charge in [-0.25, -0.2) is 4.68 Å². The number of aryl methyl sites for hydroxylation is 1. The Morgan fingerprint density at radius 3 is 2.80 bits per heavy atom. The Labute approximate surface area is 86.5 Å². The summed E-state index contributed by atoms with van der Waals surface area (Å²) in [5.74, 6) is 0.726. The topological polar surface area (TPSA) is 88.4 Å². The minimum atomic E-state index is 0.00142. The molecule has 0 atom stereocenters. The smallest absolute Gasteiger partial charge is 0.212 e. The van der Waals surface area contributed by atoms with Crippen molar-refractivity contribution in [2.24, 2.45) is 7.05 Å². The highest BCUT2D eigenvalue weighted by atomic mass is 16.3. The first-order chi connectivity index (χ1) is 7.15. The maximum Gasteiger partial charge on any atom is 0.212 e. The highest BCUT2D eigenvalue weighted by Gasteiger charge is 2.12. The molecule has 2 rings (SSSR count). The van der Waals surface area contributed by atoms with E-state index in [0.717, 1.165) is 11.0 Å². The molecule has 15 heavy (non-hydrogen) atoms. The average Bonchev–Trinajstić information content (AvgIpc) is 2.64. The lowest BCUT2D eigenvalue weighted by molar-refractivity contribution is 0.305. The molecule has 0 amide bonds. The van der Waals surface area contributed by atoms with Crippen LogP contribution in [0.3, 0.4) is 0 Å². The molecule has 0 radical (unpaired) electrons. The number of nitrogens with two attached hydrogens (primary N) is 1. The van der Waals surface area contributed by atoms with Gasteiger partial charge in [-0.15, -0.1) is 0 Å². The van der Waals surface area contributed by atoms with Crippen LogP contribution in [0.4, 0.5) is 5.82 Å². The molecule has 6 heteroatoms. The Balaban J connectivity index is 2.52. The van der Waals surface area contributed by atoms with E-state index in [4.69, 9.17) is 10.8 Å². The van der Waals surface area contributed by atoms with E-state index in [1.807, 2.05) is 7.05 Å². The number of rotatable bonds is 3. The molecule has 0 fully saturated rings. The molecular formula is C9H14N4O2. The van der Waals surface area contributed by atoms with Gasteiger partial charge in [0.15, 0.2) is 0 Å². The summed E-state index contributed by atoms with van der Waals surface area (Å²) in [6, 6.07) is 3.38. The zero-order valence-corrected chi connectivity index (χ0v) is 8.44. The van der Waals surface area contributed by atoms with Crippen LogP contribution in [0.5, 0.6) is 5.88 Å². The number of nitrogens with zero attached hydrogens (tertiary/aromatic N) is 2. The van der Waals surface area contributed by atoms with Crippen molar-refractivity contribution in [3.05, 3.63) is 12.1 Å². The van der Waals surface area contributed by atoms with Crippen molar-refractivity contribution in [1.29, 1.82) is 0 Å². The molecule has 0 aliphatic rings. The van der Waals surface area contributed by atoms with Gasteiger partial charge in [-0.2, -0.15) is 0 Å². The second kappa shape index (κ2) is 3.39. The van der Waals surface area contributed by atoms with Crippen LogP contribution >= 0.6 is 0 Å². The standard InChI is InChI=1S/C9H14N4O2/c1-12-6-5-9(15)13(11-2-3-14)7(6)4-8(12)10/h4-5,11,14-15H,2-3,10H2,1H3.